The van der Waals surface area contributed by atoms with Gasteiger partial charge >= 0.3 is 0 Å². The number of nitrogens with zero attached hydrogens (tertiary/aromatic N) is 1. The van der Waals surface area contributed by atoms with Gasteiger partial charge in [-0.3, -0.25) is 15.5 Å². The summed E-state index contributed by atoms with van der Waals surface area (Å²) < 4.78 is 34.1. The van der Waals surface area contributed by atoms with Gasteiger partial charge in [0.15, 0.2) is 0 Å². The Morgan fingerprint density at radius 2 is 2.03 bits per heavy atom. The monoisotopic (exact) mass is 446 g/mol. The maximum Gasteiger partial charge on any atom is 0.264 e. The summed E-state index contributed by atoms with van der Waals surface area (Å²) in [4.78, 5) is 1.93. The van der Waals surface area contributed by atoms with E-state index in [0.717, 1.165) is 38.4 Å². The molecule has 8 nitrogen and oxygen atoms in total. The molecule has 0 amide bonds. The topological polar surface area (TPSA) is 121 Å². The van der Waals surface area contributed by atoms with Crippen molar-refractivity contribution in [1.82, 2.24) is 20.9 Å². The number of ether oxygens (including phenoxy) is 1. The number of alkyl halides is 2. The van der Waals surface area contributed by atoms with Gasteiger partial charge in [0, 0.05) is 38.3 Å². The molecule has 4 aliphatic rings. The Bertz CT molecular complexity index is 600. The van der Waals surface area contributed by atoms with Crippen LogP contribution in [0.1, 0.15) is 44.9 Å². The average molecular weight is 447 g/mol. The van der Waals surface area contributed by atoms with Crippen molar-refractivity contribution < 1.29 is 18.6 Å². The maximum absolute atomic E-state index is 14.2. The summed E-state index contributed by atoms with van der Waals surface area (Å²) in [5.41, 5.74) is 11.8. The van der Waals surface area contributed by atoms with Gasteiger partial charge in [-0.2, -0.15) is 0 Å². The third-order valence-electron chi connectivity index (χ3n) is 8.09. The number of aliphatic hydroxyl groups is 1. The second-order valence-corrected chi connectivity index (χ2v) is 10.1. The van der Waals surface area contributed by atoms with Gasteiger partial charge in [0.25, 0.3) is 5.92 Å². The van der Waals surface area contributed by atoms with Crippen LogP contribution >= 0.6 is 0 Å². The highest BCUT2D eigenvalue weighted by atomic mass is 19.3. The van der Waals surface area contributed by atoms with Crippen LogP contribution in [-0.4, -0.2) is 85.5 Å². The number of fused-ring (bicyclic) bond motifs is 1. The lowest BCUT2D eigenvalue weighted by Crippen LogP contribution is -2.75. The summed E-state index contributed by atoms with van der Waals surface area (Å²) in [6.45, 7) is 2.18. The van der Waals surface area contributed by atoms with Crippen LogP contribution in [-0.2, 0) is 4.74 Å². The minimum absolute atomic E-state index is 0.145. The molecular weight excluding hydrogens is 406 g/mol. The Balaban J connectivity index is 1.39. The van der Waals surface area contributed by atoms with E-state index < -0.39 is 24.2 Å². The number of nitrogens with two attached hydrogens (primary N) is 2. The van der Waals surface area contributed by atoms with E-state index in [-0.39, 0.29) is 24.8 Å². The normalized spacial score (nSPS) is 44.6. The number of likely N-dealkylation sites (N-methyl/N-ethyl adjacent to an activating group) is 1. The molecule has 0 spiro atoms. The fourth-order valence-corrected chi connectivity index (χ4v) is 6.11. The molecule has 0 radical (unpaired) electrons. The van der Waals surface area contributed by atoms with Crippen LogP contribution in [0.3, 0.4) is 0 Å². The Labute approximate surface area is 183 Å². The lowest BCUT2D eigenvalue weighted by molar-refractivity contribution is -0.0900. The number of rotatable bonds is 5. The summed E-state index contributed by atoms with van der Waals surface area (Å²) in [5, 5.41) is 20.6. The van der Waals surface area contributed by atoms with Crippen LogP contribution in [0.5, 0.6) is 0 Å². The molecule has 31 heavy (non-hydrogen) atoms. The maximum atomic E-state index is 14.2. The van der Waals surface area contributed by atoms with E-state index in [1.807, 2.05) is 11.9 Å². The van der Waals surface area contributed by atoms with Gasteiger partial charge in [-0.1, -0.05) is 0 Å². The van der Waals surface area contributed by atoms with Crippen molar-refractivity contribution in [2.75, 3.05) is 26.8 Å². The van der Waals surface area contributed by atoms with Crippen LogP contribution in [0.2, 0.25) is 0 Å². The molecule has 0 aromatic rings. The molecule has 9 unspecified atom stereocenters. The zero-order chi connectivity index (χ0) is 22.2. The van der Waals surface area contributed by atoms with Crippen molar-refractivity contribution in [3.63, 3.8) is 0 Å². The molecule has 8 N–H and O–H groups in total. The van der Waals surface area contributed by atoms with Crippen LogP contribution in [0, 0.1) is 11.8 Å². The Morgan fingerprint density at radius 3 is 2.81 bits per heavy atom. The standard InChI is InChI=1S/C21H40F2N6O2/c1-29(15-3-2-7-21(22,23)18(15)24)16-10-26-17(19(25)30)20(28-16)27-14-5-4-12-6-8-31-11-13(12)9-14/h12-20,26-28,30H,2-11,24-25H2,1H3. The number of piperazine rings is 1. The number of nitrogens with one attached hydrogen (secondary N) is 3. The molecule has 2 heterocycles. The van der Waals surface area contributed by atoms with Gasteiger partial charge in [-0.25, -0.2) is 8.78 Å². The van der Waals surface area contributed by atoms with Gasteiger partial charge in [-0.05, 0) is 57.4 Å². The number of hydrogen-bond acceptors (Lipinski definition) is 8. The van der Waals surface area contributed by atoms with Gasteiger partial charge in [0.2, 0.25) is 0 Å². The van der Waals surface area contributed by atoms with Crippen molar-refractivity contribution in [3.05, 3.63) is 0 Å². The zero-order valence-corrected chi connectivity index (χ0v) is 18.5. The first kappa shape index (κ1) is 23.7. The van der Waals surface area contributed by atoms with Crippen LogP contribution in [0.25, 0.3) is 0 Å². The van der Waals surface area contributed by atoms with Crippen LogP contribution < -0.4 is 27.4 Å². The van der Waals surface area contributed by atoms with Gasteiger partial charge in [0.05, 0.1) is 24.4 Å². The van der Waals surface area contributed by atoms with Gasteiger partial charge in [0.1, 0.15) is 6.23 Å². The number of aliphatic hydroxyl groups excluding tert-OH is 1. The SMILES string of the molecule is CN(C1CNC(C(N)O)C(NC2CCC3CCOCC3C2)N1)C1CCCC(F)(F)C1N. The van der Waals surface area contributed by atoms with E-state index in [1.165, 1.54) is 6.42 Å². The quantitative estimate of drug-likeness (QED) is 0.319. The van der Waals surface area contributed by atoms with Crippen molar-refractivity contribution >= 4 is 0 Å². The van der Waals surface area contributed by atoms with E-state index in [9.17, 15) is 13.9 Å². The van der Waals surface area contributed by atoms with Crippen LogP contribution in [0.15, 0.2) is 0 Å². The van der Waals surface area contributed by atoms with E-state index >= 15 is 0 Å². The van der Waals surface area contributed by atoms with Crippen molar-refractivity contribution in [3.8, 4) is 0 Å². The summed E-state index contributed by atoms with van der Waals surface area (Å²) >= 11 is 0. The summed E-state index contributed by atoms with van der Waals surface area (Å²) in [6.07, 6.45) is 3.91. The third-order valence-corrected chi connectivity index (χ3v) is 8.09. The Hall–Kier alpha value is -0.460. The molecule has 9 atom stereocenters. The fraction of sp³-hybridized carbons (Fsp3) is 1.00. The molecule has 2 aliphatic heterocycles. The smallest absolute Gasteiger partial charge is 0.264 e. The predicted octanol–water partition coefficient (Wildman–Crippen LogP) is -0.281. The highest BCUT2D eigenvalue weighted by molar-refractivity contribution is 5.00. The first-order chi connectivity index (χ1) is 14.8. The van der Waals surface area contributed by atoms with Crippen molar-refractivity contribution in [1.29, 1.82) is 0 Å². The van der Waals surface area contributed by atoms with Gasteiger partial charge in [-0.15, -0.1) is 0 Å². The molecule has 0 aromatic carbocycles. The Morgan fingerprint density at radius 1 is 1.23 bits per heavy atom. The van der Waals surface area contributed by atoms with E-state index in [4.69, 9.17) is 16.2 Å². The summed E-state index contributed by atoms with van der Waals surface area (Å²) in [6, 6.07) is -1.66. The molecule has 2 aliphatic carbocycles. The first-order valence-electron chi connectivity index (χ1n) is 11.9. The van der Waals surface area contributed by atoms with Crippen LogP contribution in [0.4, 0.5) is 8.78 Å². The molecule has 2 saturated carbocycles. The molecule has 180 valence electrons. The lowest BCUT2D eigenvalue weighted by atomic mass is 9.74. The lowest BCUT2D eigenvalue weighted by Gasteiger charge is -2.49. The molecule has 0 bridgehead atoms. The molecule has 10 heteroatoms. The molecular formula is C21H40F2N6O2. The summed E-state index contributed by atoms with van der Waals surface area (Å²) in [7, 11) is 1.85. The highest BCUT2D eigenvalue weighted by Gasteiger charge is 2.48. The second kappa shape index (κ2) is 9.80. The van der Waals surface area contributed by atoms with E-state index in [0.29, 0.717) is 31.3 Å². The Kier molecular flexibility index (Phi) is 7.49. The molecule has 4 fully saturated rings. The minimum Gasteiger partial charge on any atom is -0.381 e. The van der Waals surface area contributed by atoms with E-state index in [1.54, 1.807) is 0 Å². The highest BCUT2D eigenvalue weighted by Crippen LogP contribution is 2.36. The third kappa shape index (κ3) is 5.22. The fourth-order valence-electron chi connectivity index (χ4n) is 6.11. The second-order valence-electron chi connectivity index (χ2n) is 10.1. The number of hydrogen-bond donors (Lipinski definition) is 6. The predicted molar refractivity (Wildman–Crippen MR) is 114 cm³/mol. The largest absolute Gasteiger partial charge is 0.381 e. The van der Waals surface area contributed by atoms with E-state index in [2.05, 4.69) is 16.0 Å². The van der Waals surface area contributed by atoms with Gasteiger partial charge < -0.3 is 26.6 Å². The summed E-state index contributed by atoms with van der Waals surface area (Å²) in [5.74, 6) is -1.53. The van der Waals surface area contributed by atoms with Crippen molar-refractivity contribution in [2.24, 2.45) is 23.3 Å². The average Bonchev–Trinajstić information content (AvgIpc) is 2.75. The molecule has 0 aromatic heterocycles. The van der Waals surface area contributed by atoms with Crippen molar-refractivity contribution in [2.45, 2.75) is 93.6 Å². The number of halogens is 2. The first-order valence-corrected chi connectivity index (χ1v) is 11.9. The molecule has 4 rings (SSSR count). The minimum atomic E-state index is -2.84. The zero-order valence-electron chi connectivity index (χ0n) is 18.5. The molecule has 2 saturated heterocycles.